The molecule has 0 unspecified atom stereocenters. The van der Waals surface area contributed by atoms with Gasteiger partial charge in [0.1, 0.15) is 0 Å². The maximum absolute atomic E-state index is 9.87. The number of aliphatic hydroxyl groups excluding tert-OH is 1. The summed E-state index contributed by atoms with van der Waals surface area (Å²) in [5.74, 6) is 0. The van der Waals surface area contributed by atoms with E-state index in [1.54, 1.807) is 0 Å². The molecule has 2 heteroatoms. The van der Waals surface area contributed by atoms with E-state index in [9.17, 15) is 5.11 Å². The molecule has 0 heterocycles. The number of anilines is 3. The van der Waals surface area contributed by atoms with E-state index in [1.807, 2.05) is 12.1 Å². The Morgan fingerprint density at radius 3 is 1.51 bits per heavy atom. The first-order valence-electron chi connectivity index (χ1n) is 19.5. The Hall–Kier alpha value is -7.00. The van der Waals surface area contributed by atoms with E-state index in [0.29, 0.717) is 0 Å². The summed E-state index contributed by atoms with van der Waals surface area (Å²) in [7, 11) is 0. The van der Waals surface area contributed by atoms with Gasteiger partial charge in [-0.1, -0.05) is 193 Å². The number of aryl methyl sites for hydroxylation is 2. The Labute approximate surface area is 336 Å². The predicted molar refractivity (Wildman–Crippen MR) is 243 cm³/mol. The standard InChI is InChI=1S/C55H45NO/c1-40-20-28-47(29-21-40)54(48-30-22-41(2)23-31-48)38-42-24-33-49(34-25-42)56(50-35-26-43(39-57)27-36-50)55-37-32-46(52-17-9-10-18-53(52)55)16-11-19-51(44-12-5-3-6-13-44)45-14-7-4-8-15-45/h3-38,57H,39H2,1-2H3. The zero-order valence-corrected chi connectivity index (χ0v) is 32.4. The third kappa shape index (κ3) is 8.48. The van der Waals surface area contributed by atoms with Gasteiger partial charge in [-0.05, 0) is 106 Å². The summed E-state index contributed by atoms with van der Waals surface area (Å²) in [6, 6.07) is 68.7. The van der Waals surface area contributed by atoms with Crippen molar-refractivity contribution in [2.75, 3.05) is 4.90 Å². The minimum Gasteiger partial charge on any atom is -0.392 e. The molecule has 8 aromatic carbocycles. The van der Waals surface area contributed by atoms with Crippen molar-refractivity contribution in [1.82, 2.24) is 0 Å². The van der Waals surface area contributed by atoms with Crippen LogP contribution in [0.3, 0.4) is 0 Å². The van der Waals surface area contributed by atoms with E-state index >= 15 is 0 Å². The van der Waals surface area contributed by atoms with Gasteiger partial charge < -0.3 is 10.0 Å². The van der Waals surface area contributed by atoms with Gasteiger partial charge in [0.15, 0.2) is 0 Å². The zero-order valence-electron chi connectivity index (χ0n) is 32.4. The lowest BCUT2D eigenvalue weighted by atomic mass is 9.94. The molecule has 0 atom stereocenters. The zero-order chi connectivity index (χ0) is 39.0. The van der Waals surface area contributed by atoms with Crippen LogP contribution >= 0.6 is 0 Å². The summed E-state index contributed by atoms with van der Waals surface area (Å²) in [5, 5.41) is 12.2. The number of benzene rings is 8. The van der Waals surface area contributed by atoms with E-state index in [-0.39, 0.29) is 6.61 Å². The molecule has 2 nitrogen and oxygen atoms in total. The molecule has 0 aromatic heterocycles. The Morgan fingerprint density at radius 2 is 0.965 bits per heavy atom. The quantitative estimate of drug-likeness (QED) is 0.106. The van der Waals surface area contributed by atoms with Crippen molar-refractivity contribution in [3.8, 4) is 0 Å². The molecule has 0 saturated heterocycles. The topological polar surface area (TPSA) is 23.5 Å². The fourth-order valence-electron chi connectivity index (χ4n) is 7.35. The van der Waals surface area contributed by atoms with Crippen LogP contribution in [0.2, 0.25) is 0 Å². The first kappa shape index (κ1) is 36.9. The number of hydrogen-bond donors (Lipinski definition) is 1. The van der Waals surface area contributed by atoms with Gasteiger partial charge in [0.05, 0.1) is 12.3 Å². The van der Waals surface area contributed by atoms with Crippen molar-refractivity contribution in [2.45, 2.75) is 20.5 Å². The lowest BCUT2D eigenvalue weighted by Gasteiger charge is -2.27. The van der Waals surface area contributed by atoms with Crippen molar-refractivity contribution in [2.24, 2.45) is 0 Å². The van der Waals surface area contributed by atoms with Gasteiger partial charge in [0, 0.05) is 16.8 Å². The first-order chi connectivity index (χ1) is 28.0. The van der Waals surface area contributed by atoms with Crippen LogP contribution in [0.5, 0.6) is 0 Å². The van der Waals surface area contributed by atoms with Gasteiger partial charge in [-0.3, -0.25) is 0 Å². The highest BCUT2D eigenvalue weighted by molar-refractivity contribution is 6.03. The summed E-state index contributed by atoms with van der Waals surface area (Å²) in [5.41, 5.74) is 15.9. The van der Waals surface area contributed by atoms with Gasteiger partial charge in [0.2, 0.25) is 0 Å². The average Bonchev–Trinajstić information content (AvgIpc) is 3.27. The smallest absolute Gasteiger partial charge is 0.0681 e. The van der Waals surface area contributed by atoms with Crippen molar-refractivity contribution >= 4 is 51.1 Å². The van der Waals surface area contributed by atoms with Crippen LogP contribution in [0.25, 0.3) is 34.1 Å². The van der Waals surface area contributed by atoms with E-state index in [0.717, 1.165) is 44.5 Å². The summed E-state index contributed by atoms with van der Waals surface area (Å²) in [6.07, 6.45) is 8.86. The summed E-state index contributed by atoms with van der Waals surface area (Å²) >= 11 is 0. The third-order valence-corrected chi connectivity index (χ3v) is 10.4. The van der Waals surface area contributed by atoms with Gasteiger partial charge >= 0.3 is 0 Å². The SMILES string of the molecule is Cc1ccc(C(=Cc2ccc(N(c3ccc(CO)cc3)c3ccc(C=CC=C(c4ccccc4)c4ccccc4)c4ccccc34)cc2)c2ccc(C)cc2)cc1. The average molecular weight is 736 g/mol. The molecule has 0 bridgehead atoms. The molecule has 0 fully saturated rings. The molecule has 8 aromatic rings. The minimum atomic E-state index is 0.000276. The molecule has 57 heavy (non-hydrogen) atoms. The molecule has 0 spiro atoms. The second kappa shape index (κ2) is 17.2. The third-order valence-electron chi connectivity index (χ3n) is 10.4. The molecule has 1 N–H and O–H groups in total. The molecule has 8 rings (SSSR count). The highest BCUT2D eigenvalue weighted by atomic mass is 16.3. The number of hydrogen-bond acceptors (Lipinski definition) is 2. The minimum absolute atomic E-state index is 0.000276. The van der Waals surface area contributed by atoms with Crippen molar-refractivity contribution in [3.63, 3.8) is 0 Å². The maximum Gasteiger partial charge on any atom is 0.0681 e. The number of nitrogens with zero attached hydrogens (tertiary/aromatic N) is 1. The van der Waals surface area contributed by atoms with Crippen LogP contribution < -0.4 is 4.90 Å². The highest BCUT2D eigenvalue weighted by Gasteiger charge is 2.17. The molecule has 0 saturated carbocycles. The maximum atomic E-state index is 9.87. The van der Waals surface area contributed by atoms with Crippen LogP contribution in [-0.4, -0.2) is 5.11 Å². The van der Waals surface area contributed by atoms with E-state index in [2.05, 4.69) is 225 Å². The van der Waals surface area contributed by atoms with Crippen LogP contribution in [0.1, 0.15) is 50.1 Å². The van der Waals surface area contributed by atoms with Crippen molar-refractivity contribution < 1.29 is 5.11 Å². The summed E-state index contributed by atoms with van der Waals surface area (Å²) in [4.78, 5) is 2.31. The van der Waals surface area contributed by atoms with E-state index < -0.39 is 0 Å². The summed E-state index contributed by atoms with van der Waals surface area (Å²) in [6.45, 7) is 4.25. The van der Waals surface area contributed by atoms with E-state index in [4.69, 9.17) is 0 Å². The second-order valence-corrected chi connectivity index (χ2v) is 14.4. The number of fused-ring (bicyclic) bond motifs is 1. The Kier molecular flexibility index (Phi) is 11.2. The van der Waals surface area contributed by atoms with Crippen LogP contribution in [-0.2, 0) is 6.61 Å². The molecule has 0 radical (unpaired) electrons. The predicted octanol–water partition coefficient (Wildman–Crippen LogP) is 14.2. The largest absolute Gasteiger partial charge is 0.392 e. The molecule has 276 valence electrons. The Morgan fingerprint density at radius 1 is 0.474 bits per heavy atom. The molecule has 0 amide bonds. The number of aliphatic hydroxyl groups is 1. The van der Waals surface area contributed by atoms with Crippen LogP contribution in [0, 0.1) is 13.8 Å². The molecule has 0 aliphatic rings. The highest BCUT2D eigenvalue weighted by Crippen LogP contribution is 2.40. The van der Waals surface area contributed by atoms with Crippen molar-refractivity contribution in [1.29, 1.82) is 0 Å². The second-order valence-electron chi connectivity index (χ2n) is 14.4. The van der Waals surface area contributed by atoms with Crippen LogP contribution in [0.4, 0.5) is 17.1 Å². The normalized spacial score (nSPS) is 11.1. The Balaban J connectivity index is 1.19. The van der Waals surface area contributed by atoms with Gasteiger partial charge in [-0.2, -0.15) is 0 Å². The summed E-state index contributed by atoms with van der Waals surface area (Å²) < 4.78 is 0. The molecule has 0 aliphatic carbocycles. The molecular formula is C55H45NO. The lowest BCUT2D eigenvalue weighted by Crippen LogP contribution is -2.10. The Bertz CT molecular complexity index is 2580. The fraction of sp³-hybridized carbons (Fsp3) is 0.0545. The monoisotopic (exact) mass is 735 g/mol. The van der Waals surface area contributed by atoms with Gasteiger partial charge in [-0.25, -0.2) is 0 Å². The lowest BCUT2D eigenvalue weighted by molar-refractivity contribution is 0.282. The number of rotatable bonds is 11. The van der Waals surface area contributed by atoms with Gasteiger partial charge in [-0.15, -0.1) is 0 Å². The molecule has 0 aliphatic heterocycles. The van der Waals surface area contributed by atoms with Gasteiger partial charge in [0.25, 0.3) is 0 Å². The van der Waals surface area contributed by atoms with Crippen LogP contribution in [0.15, 0.2) is 206 Å². The number of allylic oxidation sites excluding steroid dienone is 2. The fourth-order valence-corrected chi connectivity index (χ4v) is 7.35. The van der Waals surface area contributed by atoms with E-state index in [1.165, 1.54) is 44.5 Å². The molecular weight excluding hydrogens is 691 g/mol. The van der Waals surface area contributed by atoms with Crippen molar-refractivity contribution in [3.05, 3.63) is 256 Å². The first-order valence-corrected chi connectivity index (χ1v) is 19.5.